The Morgan fingerprint density at radius 1 is 1.03 bits per heavy atom. The number of methoxy groups -OCH3 is 1. The SMILES string of the molecule is COc1cccc2cc(C(=O)N3CCN(S(=O)(=O)c4ccc(C)cc4)CC3)oc12. The Bertz CT molecular complexity index is 1140. The molecule has 1 aliphatic rings. The van der Waals surface area contributed by atoms with E-state index in [1.165, 1.54) is 4.31 Å². The lowest BCUT2D eigenvalue weighted by atomic mass is 10.2. The zero-order valence-electron chi connectivity index (χ0n) is 16.3. The molecule has 2 heterocycles. The molecule has 29 heavy (non-hydrogen) atoms. The number of furan rings is 1. The van der Waals surface area contributed by atoms with Crippen molar-refractivity contribution in [2.45, 2.75) is 11.8 Å². The maximum absolute atomic E-state index is 12.9. The maximum Gasteiger partial charge on any atom is 0.289 e. The third-order valence-corrected chi connectivity index (χ3v) is 7.04. The highest BCUT2D eigenvalue weighted by Gasteiger charge is 2.31. The smallest absolute Gasteiger partial charge is 0.289 e. The highest BCUT2D eigenvalue weighted by molar-refractivity contribution is 7.89. The summed E-state index contributed by atoms with van der Waals surface area (Å²) in [6, 6.07) is 13.9. The lowest BCUT2D eigenvalue weighted by molar-refractivity contribution is 0.0668. The fraction of sp³-hybridized carbons (Fsp3) is 0.286. The second-order valence-electron chi connectivity index (χ2n) is 7.00. The van der Waals surface area contributed by atoms with Gasteiger partial charge in [0.15, 0.2) is 17.1 Å². The van der Waals surface area contributed by atoms with Gasteiger partial charge in [-0.25, -0.2) is 8.42 Å². The van der Waals surface area contributed by atoms with E-state index in [1.54, 1.807) is 48.4 Å². The van der Waals surface area contributed by atoms with Crippen molar-refractivity contribution in [3.8, 4) is 5.75 Å². The molecule has 152 valence electrons. The van der Waals surface area contributed by atoms with Crippen molar-refractivity contribution in [1.82, 2.24) is 9.21 Å². The van der Waals surface area contributed by atoms with Crippen molar-refractivity contribution in [1.29, 1.82) is 0 Å². The Kier molecular flexibility index (Phi) is 5.06. The molecule has 0 aliphatic carbocycles. The number of hydrogen-bond acceptors (Lipinski definition) is 5. The number of nitrogens with zero attached hydrogens (tertiary/aromatic N) is 2. The molecule has 4 rings (SSSR count). The zero-order chi connectivity index (χ0) is 20.6. The minimum Gasteiger partial charge on any atom is -0.493 e. The van der Waals surface area contributed by atoms with Crippen LogP contribution in [0.2, 0.25) is 0 Å². The van der Waals surface area contributed by atoms with Gasteiger partial charge < -0.3 is 14.1 Å². The van der Waals surface area contributed by atoms with E-state index in [9.17, 15) is 13.2 Å². The summed E-state index contributed by atoms with van der Waals surface area (Å²) in [5.41, 5.74) is 1.53. The molecule has 1 saturated heterocycles. The number of piperazine rings is 1. The minimum absolute atomic E-state index is 0.222. The van der Waals surface area contributed by atoms with Gasteiger partial charge in [0, 0.05) is 31.6 Å². The van der Waals surface area contributed by atoms with Crippen LogP contribution in [0.25, 0.3) is 11.0 Å². The monoisotopic (exact) mass is 414 g/mol. The topological polar surface area (TPSA) is 80.1 Å². The summed E-state index contributed by atoms with van der Waals surface area (Å²) < 4.78 is 38.1. The molecule has 1 fully saturated rings. The van der Waals surface area contributed by atoms with Crippen LogP contribution in [0, 0.1) is 6.92 Å². The average Bonchev–Trinajstić information content (AvgIpc) is 3.18. The zero-order valence-corrected chi connectivity index (χ0v) is 17.1. The normalized spacial score (nSPS) is 15.6. The fourth-order valence-electron chi connectivity index (χ4n) is 3.45. The molecule has 0 N–H and O–H groups in total. The van der Waals surface area contributed by atoms with Crippen molar-refractivity contribution >= 4 is 26.9 Å². The predicted octanol–water partition coefficient (Wildman–Crippen LogP) is 2.90. The Labute approximate surface area is 169 Å². The second-order valence-corrected chi connectivity index (χ2v) is 8.94. The molecule has 0 atom stereocenters. The summed E-state index contributed by atoms with van der Waals surface area (Å²) in [7, 11) is -2.02. The summed E-state index contributed by atoms with van der Waals surface area (Å²) >= 11 is 0. The lowest BCUT2D eigenvalue weighted by Gasteiger charge is -2.33. The molecule has 7 nitrogen and oxygen atoms in total. The highest BCUT2D eigenvalue weighted by atomic mass is 32.2. The van der Waals surface area contributed by atoms with E-state index >= 15 is 0 Å². The number of benzene rings is 2. The van der Waals surface area contributed by atoms with Gasteiger partial charge >= 0.3 is 0 Å². The maximum atomic E-state index is 12.9. The number of hydrogen-bond donors (Lipinski definition) is 0. The third-order valence-electron chi connectivity index (χ3n) is 5.12. The summed E-state index contributed by atoms with van der Waals surface area (Å²) in [6.07, 6.45) is 0. The molecular formula is C21H22N2O5S. The highest BCUT2D eigenvalue weighted by Crippen LogP contribution is 2.29. The Morgan fingerprint density at radius 2 is 1.72 bits per heavy atom. The van der Waals surface area contributed by atoms with E-state index in [0.717, 1.165) is 10.9 Å². The van der Waals surface area contributed by atoms with E-state index in [0.29, 0.717) is 24.4 Å². The van der Waals surface area contributed by atoms with Crippen molar-refractivity contribution < 1.29 is 22.4 Å². The van der Waals surface area contributed by atoms with Gasteiger partial charge in [-0.15, -0.1) is 0 Å². The van der Waals surface area contributed by atoms with Crippen LogP contribution < -0.4 is 4.74 Å². The number of amides is 1. The number of aryl methyl sites for hydroxylation is 1. The Hall–Kier alpha value is -2.84. The first kappa shape index (κ1) is 19.5. The molecule has 2 aromatic carbocycles. The summed E-state index contributed by atoms with van der Waals surface area (Å²) in [5, 5.41) is 0.785. The van der Waals surface area contributed by atoms with Gasteiger partial charge in [-0.05, 0) is 31.2 Å². The van der Waals surface area contributed by atoms with Gasteiger partial charge in [0.05, 0.1) is 12.0 Å². The number of ether oxygens (including phenoxy) is 1. The first-order chi connectivity index (χ1) is 13.9. The summed E-state index contributed by atoms with van der Waals surface area (Å²) in [4.78, 5) is 14.7. The number of carbonyl (C=O) groups is 1. The van der Waals surface area contributed by atoms with E-state index < -0.39 is 10.0 Å². The molecule has 1 aliphatic heterocycles. The van der Waals surface area contributed by atoms with Crippen LogP contribution in [0.5, 0.6) is 5.75 Å². The van der Waals surface area contributed by atoms with Gasteiger partial charge in [-0.2, -0.15) is 4.31 Å². The van der Waals surface area contributed by atoms with Crippen molar-refractivity contribution in [3.63, 3.8) is 0 Å². The largest absolute Gasteiger partial charge is 0.493 e. The molecule has 0 radical (unpaired) electrons. The van der Waals surface area contributed by atoms with Gasteiger partial charge in [0.25, 0.3) is 5.91 Å². The van der Waals surface area contributed by atoms with Gasteiger partial charge in [0.1, 0.15) is 0 Å². The van der Waals surface area contributed by atoms with Crippen molar-refractivity contribution in [2.24, 2.45) is 0 Å². The van der Waals surface area contributed by atoms with Gasteiger partial charge in [-0.3, -0.25) is 4.79 Å². The second kappa shape index (κ2) is 7.53. The first-order valence-corrected chi connectivity index (χ1v) is 10.8. The molecule has 3 aromatic rings. The van der Waals surface area contributed by atoms with Crippen LogP contribution in [0.15, 0.2) is 57.8 Å². The van der Waals surface area contributed by atoms with Crippen molar-refractivity contribution in [2.75, 3.05) is 33.3 Å². The van der Waals surface area contributed by atoms with E-state index in [-0.39, 0.29) is 29.7 Å². The lowest BCUT2D eigenvalue weighted by Crippen LogP contribution is -2.50. The van der Waals surface area contributed by atoms with Crippen LogP contribution in [-0.4, -0.2) is 56.8 Å². The van der Waals surface area contributed by atoms with Crippen LogP contribution in [0.4, 0.5) is 0 Å². The van der Waals surface area contributed by atoms with Gasteiger partial charge in [0.2, 0.25) is 10.0 Å². The van der Waals surface area contributed by atoms with Crippen LogP contribution >= 0.6 is 0 Å². The molecule has 1 amide bonds. The van der Waals surface area contributed by atoms with E-state index in [1.807, 2.05) is 19.1 Å². The van der Waals surface area contributed by atoms with E-state index in [4.69, 9.17) is 9.15 Å². The molecule has 8 heteroatoms. The third kappa shape index (κ3) is 3.61. The molecular weight excluding hydrogens is 392 g/mol. The van der Waals surface area contributed by atoms with Crippen LogP contribution in [0.1, 0.15) is 16.1 Å². The molecule has 1 aromatic heterocycles. The van der Waals surface area contributed by atoms with Crippen LogP contribution in [-0.2, 0) is 10.0 Å². The summed E-state index contributed by atoms with van der Waals surface area (Å²) in [6.45, 7) is 3.00. The van der Waals surface area contributed by atoms with E-state index in [2.05, 4.69) is 0 Å². The number of carbonyl (C=O) groups excluding carboxylic acids is 1. The molecule has 0 unspecified atom stereocenters. The standard InChI is InChI=1S/C21H22N2O5S/c1-15-6-8-17(9-7-15)29(25,26)23-12-10-22(11-13-23)21(24)19-14-16-4-3-5-18(27-2)20(16)28-19/h3-9,14H,10-13H2,1-2H3. The minimum atomic E-state index is -3.57. The number of sulfonamides is 1. The quantitative estimate of drug-likeness (QED) is 0.656. The molecule has 0 bridgehead atoms. The predicted molar refractivity (Wildman–Crippen MR) is 109 cm³/mol. The van der Waals surface area contributed by atoms with Gasteiger partial charge in [-0.1, -0.05) is 29.8 Å². The molecule has 0 spiro atoms. The summed E-state index contributed by atoms with van der Waals surface area (Å²) in [5.74, 6) is 0.533. The first-order valence-electron chi connectivity index (χ1n) is 9.33. The average molecular weight is 414 g/mol. The molecule has 0 saturated carbocycles. The number of rotatable bonds is 4. The van der Waals surface area contributed by atoms with Crippen LogP contribution in [0.3, 0.4) is 0 Å². The number of fused-ring (bicyclic) bond motifs is 1. The fourth-order valence-corrected chi connectivity index (χ4v) is 4.87. The Balaban J connectivity index is 1.48. The van der Waals surface area contributed by atoms with Crippen molar-refractivity contribution in [3.05, 3.63) is 59.9 Å². The number of para-hydroxylation sites is 1. The Morgan fingerprint density at radius 3 is 2.38 bits per heavy atom.